The van der Waals surface area contributed by atoms with Gasteiger partial charge in [0, 0.05) is 31.7 Å². The number of piperidine rings is 1. The third kappa shape index (κ3) is 2.74. The van der Waals surface area contributed by atoms with Crippen LogP contribution >= 0.6 is 15.9 Å². The Morgan fingerprint density at radius 2 is 1.95 bits per heavy atom. The summed E-state index contributed by atoms with van der Waals surface area (Å²) in [4.78, 5) is 6.97. The molecule has 7 heteroatoms. The van der Waals surface area contributed by atoms with Crippen LogP contribution in [0.4, 0.5) is 11.8 Å². The van der Waals surface area contributed by atoms with Gasteiger partial charge >= 0.3 is 0 Å². The summed E-state index contributed by atoms with van der Waals surface area (Å²) >= 11 is 3.59. The second kappa shape index (κ2) is 5.63. The normalized spacial score (nSPS) is 16.4. The first kappa shape index (κ1) is 14.3. The van der Waals surface area contributed by atoms with Crippen molar-refractivity contribution in [1.82, 2.24) is 19.7 Å². The molecule has 0 atom stereocenters. The van der Waals surface area contributed by atoms with Crippen molar-refractivity contribution >= 4 is 27.7 Å². The molecule has 1 fully saturated rings. The number of aromatic nitrogens is 4. The highest BCUT2D eigenvalue weighted by atomic mass is 79.9. The van der Waals surface area contributed by atoms with E-state index in [1.54, 1.807) is 0 Å². The minimum absolute atomic E-state index is 0.416. The van der Waals surface area contributed by atoms with Gasteiger partial charge in [-0.3, -0.25) is 0 Å². The lowest BCUT2D eigenvalue weighted by molar-refractivity contribution is 0.472. The lowest BCUT2D eigenvalue weighted by Gasteiger charge is -2.33. The predicted molar refractivity (Wildman–Crippen MR) is 86.3 cm³/mol. The second-order valence-electron chi connectivity index (χ2n) is 5.49. The van der Waals surface area contributed by atoms with Gasteiger partial charge in [0.05, 0.1) is 4.47 Å². The van der Waals surface area contributed by atoms with Crippen LogP contribution in [0.5, 0.6) is 0 Å². The molecule has 0 spiro atoms. The Morgan fingerprint density at radius 3 is 2.57 bits per heavy atom. The van der Waals surface area contributed by atoms with Crippen molar-refractivity contribution in [2.24, 2.45) is 7.05 Å². The SMILES string of the molecule is Cc1ccc(Br)c(N2CCC(c3nnc(N)n3C)CC2)n1. The van der Waals surface area contributed by atoms with Gasteiger partial charge in [-0.05, 0) is 47.8 Å². The van der Waals surface area contributed by atoms with E-state index < -0.39 is 0 Å². The molecular formula is C14H19BrN6. The number of rotatable bonds is 2. The number of hydrogen-bond acceptors (Lipinski definition) is 5. The predicted octanol–water partition coefficient (Wildman–Crippen LogP) is 2.25. The monoisotopic (exact) mass is 350 g/mol. The molecule has 2 N–H and O–H groups in total. The maximum Gasteiger partial charge on any atom is 0.221 e. The van der Waals surface area contributed by atoms with Crippen LogP contribution in [0.25, 0.3) is 0 Å². The molecule has 112 valence electrons. The second-order valence-corrected chi connectivity index (χ2v) is 6.35. The minimum atomic E-state index is 0.416. The van der Waals surface area contributed by atoms with Gasteiger partial charge in [-0.15, -0.1) is 10.2 Å². The zero-order valence-corrected chi connectivity index (χ0v) is 13.8. The van der Waals surface area contributed by atoms with Crippen molar-refractivity contribution < 1.29 is 0 Å². The smallest absolute Gasteiger partial charge is 0.221 e. The number of nitrogens with zero attached hydrogens (tertiary/aromatic N) is 5. The van der Waals surface area contributed by atoms with Crippen LogP contribution in [0.15, 0.2) is 16.6 Å². The topological polar surface area (TPSA) is 72.9 Å². The fourth-order valence-electron chi connectivity index (χ4n) is 2.81. The molecule has 0 bridgehead atoms. The summed E-state index contributed by atoms with van der Waals surface area (Å²) in [5.74, 6) is 2.92. The van der Waals surface area contributed by atoms with Crippen molar-refractivity contribution in [1.29, 1.82) is 0 Å². The summed E-state index contributed by atoms with van der Waals surface area (Å²) in [7, 11) is 1.93. The molecule has 0 saturated carbocycles. The van der Waals surface area contributed by atoms with E-state index in [4.69, 9.17) is 5.73 Å². The van der Waals surface area contributed by atoms with Gasteiger partial charge in [-0.25, -0.2) is 4.98 Å². The van der Waals surface area contributed by atoms with Crippen LogP contribution in [0, 0.1) is 6.92 Å². The Hall–Kier alpha value is -1.63. The number of halogens is 1. The third-order valence-electron chi connectivity index (χ3n) is 4.07. The van der Waals surface area contributed by atoms with Gasteiger partial charge < -0.3 is 15.2 Å². The standard InChI is InChI=1S/C14H19BrN6/c1-9-3-4-11(15)13(17-9)21-7-5-10(6-8-21)12-18-19-14(16)20(12)2/h3-4,10H,5-8H2,1-2H3,(H2,16,19). The van der Waals surface area contributed by atoms with E-state index in [-0.39, 0.29) is 0 Å². The van der Waals surface area contributed by atoms with E-state index in [1.807, 2.05) is 24.6 Å². The average molecular weight is 351 g/mol. The van der Waals surface area contributed by atoms with Crippen LogP contribution in [-0.4, -0.2) is 32.8 Å². The van der Waals surface area contributed by atoms with E-state index in [0.29, 0.717) is 11.9 Å². The Morgan fingerprint density at radius 1 is 1.24 bits per heavy atom. The highest BCUT2D eigenvalue weighted by molar-refractivity contribution is 9.10. The molecule has 21 heavy (non-hydrogen) atoms. The third-order valence-corrected chi connectivity index (χ3v) is 4.69. The van der Waals surface area contributed by atoms with Crippen molar-refractivity contribution in [2.75, 3.05) is 23.7 Å². The molecule has 0 radical (unpaired) electrons. The highest BCUT2D eigenvalue weighted by Gasteiger charge is 2.26. The molecule has 0 amide bonds. The lowest BCUT2D eigenvalue weighted by Crippen LogP contribution is -2.34. The van der Waals surface area contributed by atoms with Crippen molar-refractivity contribution in [3.8, 4) is 0 Å². The molecule has 1 aliphatic rings. The molecule has 6 nitrogen and oxygen atoms in total. The average Bonchev–Trinajstić information content (AvgIpc) is 2.82. The molecule has 1 aliphatic heterocycles. The minimum Gasteiger partial charge on any atom is -0.368 e. The fraction of sp³-hybridized carbons (Fsp3) is 0.500. The molecule has 2 aromatic heterocycles. The first-order valence-electron chi connectivity index (χ1n) is 7.09. The summed E-state index contributed by atoms with van der Waals surface area (Å²) in [6, 6.07) is 4.08. The van der Waals surface area contributed by atoms with E-state index in [0.717, 1.165) is 47.7 Å². The Bertz CT molecular complexity index is 645. The molecule has 1 saturated heterocycles. The van der Waals surface area contributed by atoms with Crippen LogP contribution in [0.2, 0.25) is 0 Å². The van der Waals surface area contributed by atoms with Crippen LogP contribution in [0.1, 0.15) is 30.3 Å². The molecule has 0 unspecified atom stereocenters. The largest absolute Gasteiger partial charge is 0.368 e. The maximum atomic E-state index is 5.76. The summed E-state index contributed by atoms with van der Waals surface area (Å²) in [6.07, 6.45) is 2.07. The molecule has 0 aromatic carbocycles. The number of anilines is 2. The zero-order valence-electron chi connectivity index (χ0n) is 12.3. The van der Waals surface area contributed by atoms with Crippen molar-refractivity contribution in [3.63, 3.8) is 0 Å². The van der Waals surface area contributed by atoms with Crippen molar-refractivity contribution in [3.05, 3.63) is 28.1 Å². The fourth-order valence-corrected chi connectivity index (χ4v) is 3.28. The summed E-state index contributed by atoms with van der Waals surface area (Å²) < 4.78 is 2.94. The lowest BCUT2D eigenvalue weighted by atomic mass is 9.96. The summed E-state index contributed by atoms with van der Waals surface area (Å²) in [5.41, 5.74) is 6.80. The van der Waals surface area contributed by atoms with Crippen LogP contribution in [-0.2, 0) is 7.05 Å². The number of pyridine rings is 1. The van der Waals surface area contributed by atoms with Crippen LogP contribution < -0.4 is 10.6 Å². The first-order valence-corrected chi connectivity index (χ1v) is 7.88. The van der Waals surface area contributed by atoms with Crippen LogP contribution in [0.3, 0.4) is 0 Å². The maximum absolute atomic E-state index is 5.76. The molecule has 3 heterocycles. The number of nitrogen functional groups attached to an aromatic ring is 1. The quantitative estimate of drug-likeness (QED) is 0.898. The van der Waals surface area contributed by atoms with Crippen molar-refractivity contribution in [2.45, 2.75) is 25.7 Å². The Balaban J connectivity index is 1.73. The Labute approximate surface area is 132 Å². The van der Waals surface area contributed by atoms with E-state index in [2.05, 4.69) is 42.1 Å². The van der Waals surface area contributed by atoms with E-state index >= 15 is 0 Å². The first-order chi connectivity index (χ1) is 10.1. The summed E-state index contributed by atoms with van der Waals surface area (Å²) in [5, 5.41) is 8.16. The molecule has 3 rings (SSSR count). The van der Waals surface area contributed by atoms with Gasteiger partial charge in [0.1, 0.15) is 11.6 Å². The van der Waals surface area contributed by atoms with Gasteiger partial charge in [0.15, 0.2) is 0 Å². The van der Waals surface area contributed by atoms with Gasteiger partial charge in [0.2, 0.25) is 5.95 Å². The van der Waals surface area contributed by atoms with Gasteiger partial charge in [-0.2, -0.15) is 0 Å². The van der Waals surface area contributed by atoms with Gasteiger partial charge in [-0.1, -0.05) is 0 Å². The highest BCUT2D eigenvalue weighted by Crippen LogP contribution is 2.32. The van der Waals surface area contributed by atoms with E-state index in [9.17, 15) is 0 Å². The van der Waals surface area contributed by atoms with E-state index in [1.165, 1.54) is 0 Å². The number of hydrogen-bond donors (Lipinski definition) is 1. The van der Waals surface area contributed by atoms with Gasteiger partial charge in [0.25, 0.3) is 0 Å². The zero-order chi connectivity index (χ0) is 15.0. The molecular weight excluding hydrogens is 332 g/mol. The number of nitrogens with two attached hydrogens (primary N) is 1. The number of aryl methyl sites for hydroxylation is 1. The molecule has 2 aromatic rings. The Kier molecular flexibility index (Phi) is 3.84. The molecule has 0 aliphatic carbocycles. The summed E-state index contributed by atoms with van der Waals surface area (Å²) in [6.45, 7) is 3.95.